The molecule has 3 rings (SSSR count). The molecule has 3 amide bonds. The van der Waals surface area contributed by atoms with Crippen LogP contribution in [0.3, 0.4) is 0 Å². The molecule has 11 heteroatoms. The van der Waals surface area contributed by atoms with Crippen LogP contribution in [0.5, 0.6) is 0 Å². The van der Waals surface area contributed by atoms with Crippen molar-refractivity contribution >= 4 is 75.7 Å². The molecule has 0 bridgehead atoms. The van der Waals surface area contributed by atoms with Crippen molar-refractivity contribution < 1.29 is 19.5 Å². The Morgan fingerprint density at radius 2 is 1.48 bits per heavy atom. The molecule has 1 saturated carbocycles. The van der Waals surface area contributed by atoms with Gasteiger partial charge >= 0.3 is 12.0 Å². The Kier molecular flexibility index (Phi) is 8.70. The summed E-state index contributed by atoms with van der Waals surface area (Å²) in [5.74, 6) is -1.99. The number of urea groups is 1. The van der Waals surface area contributed by atoms with Crippen molar-refractivity contribution in [2.45, 2.75) is 38.1 Å². The molecular weight excluding hydrogens is 512 g/mol. The van der Waals surface area contributed by atoms with E-state index in [9.17, 15) is 19.5 Å². The zero-order chi connectivity index (χ0) is 24.1. The quantitative estimate of drug-likeness (QED) is 0.331. The van der Waals surface area contributed by atoms with Crippen LogP contribution in [0.2, 0.25) is 20.1 Å². The number of amides is 3. The van der Waals surface area contributed by atoms with Gasteiger partial charge in [-0.25, -0.2) is 9.59 Å². The molecule has 0 aromatic heterocycles. The maximum absolute atomic E-state index is 13.0. The largest absolute Gasteiger partial charge is 0.480 e. The minimum Gasteiger partial charge on any atom is -0.480 e. The Labute approximate surface area is 210 Å². The second-order valence-electron chi connectivity index (χ2n) is 7.68. The van der Waals surface area contributed by atoms with Crippen molar-refractivity contribution in [1.82, 2.24) is 5.32 Å². The van der Waals surface area contributed by atoms with E-state index in [2.05, 4.69) is 16.0 Å². The van der Waals surface area contributed by atoms with Gasteiger partial charge in [0.25, 0.3) is 5.91 Å². The minimum atomic E-state index is -1.11. The second kappa shape index (κ2) is 11.3. The maximum atomic E-state index is 13.0. The highest BCUT2D eigenvalue weighted by atomic mass is 35.5. The number of nitrogens with one attached hydrogen (secondary N) is 3. The van der Waals surface area contributed by atoms with E-state index in [-0.39, 0.29) is 42.9 Å². The van der Waals surface area contributed by atoms with E-state index in [0.717, 1.165) is 19.3 Å². The highest BCUT2D eigenvalue weighted by molar-refractivity contribution is 6.42. The first kappa shape index (κ1) is 25.4. The molecule has 1 aliphatic carbocycles. The molecular formula is C22H21Cl4N3O4. The SMILES string of the molecule is O=C(Nc1cc(Cl)c(Cl)cc1C(=O)NC(C(=O)O)C1CCCCC1)Nc1c(Cl)cccc1Cl. The lowest BCUT2D eigenvalue weighted by atomic mass is 9.84. The lowest BCUT2D eigenvalue weighted by molar-refractivity contribution is -0.141. The van der Waals surface area contributed by atoms with E-state index in [4.69, 9.17) is 46.4 Å². The lowest BCUT2D eigenvalue weighted by Crippen LogP contribution is -2.46. The molecule has 1 unspecified atom stereocenters. The lowest BCUT2D eigenvalue weighted by Gasteiger charge is -2.28. The summed E-state index contributed by atoms with van der Waals surface area (Å²) < 4.78 is 0. The molecule has 0 heterocycles. The highest BCUT2D eigenvalue weighted by Crippen LogP contribution is 2.32. The third-order valence-electron chi connectivity index (χ3n) is 5.43. The Balaban J connectivity index is 1.83. The van der Waals surface area contributed by atoms with Crippen LogP contribution in [0.15, 0.2) is 30.3 Å². The normalized spacial score (nSPS) is 14.9. The average Bonchev–Trinajstić information content (AvgIpc) is 2.77. The van der Waals surface area contributed by atoms with Gasteiger partial charge in [0.2, 0.25) is 0 Å². The number of halogens is 4. The van der Waals surface area contributed by atoms with Gasteiger partial charge in [-0.1, -0.05) is 71.7 Å². The van der Waals surface area contributed by atoms with E-state index in [1.807, 2.05) is 0 Å². The summed E-state index contributed by atoms with van der Waals surface area (Å²) in [6.07, 6.45) is 4.29. The zero-order valence-electron chi connectivity index (χ0n) is 17.3. The van der Waals surface area contributed by atoms with Crippen molar-refractivity contribution in [3.63, 3.8) is 0 Å². The molecule has 1 fully saturated rings. The average molecular weight is 533 g/mol. The molecule has 33 heavy (non-hydrogen) atoms. The number of carbonyl (C=O) groups is 3. The zero-order valence-corrected chi connectivity index (χ0v) is 20.3. The molecule has 2 aromatic carbocycles. The number of carboxylic acid groups (broad SMARTS) is 1. The standard InChI is InChI=1S/C22H21Cl4N3O4/c23-13-7-4-8-14(24)19(13)29-22(33)27-17-10-16(26)15(25)9-12(17)20(30)28-18(21(31)32)11-5-2-1-3-6-11/h4,7-11,18H,1-3,5-6H2,(H,28,30)(H,31,32)(H2,27,29,33). The third kappa shape index (κ3) is 6.44. The number of carbonyl (C=O) groups excluding carboxylic acids is 2. The van der Waals surface area contributed by atoms with Gasteiger partial charge in [0, 0.05) is 0 Å². The summed E-state index contributed by atoms with van der Waals surface area (Å²) in [7, 11) is 0. The summed E-state index contributed by atoms with van der Waals surface area (Å²) in [6, 6.07) is 5.52. The topological polar surface area (TPSA) is 108 Å². The molecule has 1 atom stereocenters. The highest BCUT2D eigenvalue weighted by Gasteiger charge is 2.31. The fourth-order valence-electron chi connectivity index (χ4n) is 3.79. The van der Waals surface area contributed by atoms with Crippen molar-refractivity contribution in [3.05, 3.63) is 56.0 Å². The van der Waals surface area contributed by atoms with Gasteiger partial charge < -0.3 is 21.1 Å². The van der Waals surface area contributed by atoms with E-state index in [1.54, 1.807) is 18.2 Å². The van der Waals surface area contributed by atoms with E-state index in [1.165, 1.54) is 12.1 Å². The van der Waals surface area contributed by atoms with E-state index < -0.39 is 23.9 Å². The van der Waals surface area contributed by atoms with Crippen molar-refractivity contribution in [1.29, 1.82) is 0 Å². The molecule has 0 saturated heterocycles. The third-order valence-corrected chi connectivity index (χ3v) is 6.78. The van der Waals surface area contributed by atoms with Gasteiger partial charge in [-0.3, -0.25) is 4.79 Å². The summed E-state index contributed by atoms with van der Waals surface area (Å²) >= 11 is 24.3. The number of anilines is 2. The number of aliphatic carboxylic acids is 1. The Morgan fingerprint density at radius 1 is 0.879 bits per heavy atom. The summed E-state index contributed by atoms with van der Waals surface area (Å²) in [4.78, 5) is 37.5. The smallest absolute Gasteiger partial charge is 0.326 e. The molecule has 0 aliphatic heterocycles. The summed E-state index contributed by atoms with van der Waals surface area (Å²) in [5, 5.41) is 17.9. The maximum Gasteiger partial charge on any atom is 0.326 e. The van der Waals surface area contributed by atoms with Gasteiger partial charge in [0.05, 0.1) is 37.0 Å². The monoisotopic (exact) mass is 531 g/mol. The van der Waals surface area contributed by atoms with E-state index in [0.29, 0.717) is 12.8 Å². The summed E-state index contributed by atoms with van der Waals surface area (Å²) in [5.41, 5.74) is 0.190. The van der Waals surface area contributed by atoms with Crippen LogP contribution < -0.4 is 16.0 Å². The van der Waals surface area contributed by atoms with E-state index >= 15 is 0 Å². The fraction of sp³-hybridized carbons (Fsp3) is 0.318. The van der Waals surface area contributed by atoms with Crippen molar-refractivity contribution in [2.75, 3.05) is 10.6 Å². The number of rotatable bonds is 6. The predicted molar refractivity (Wildman–Crippen MR) is 131 cm³/mol. The Hall–Kier alpha value is -2.19. The van der Waals surface area contributed by atoms with Crippen molar-refractivity contribution in [3.8, 4) is 0 Å². The summed E-state index contributed by atoms with van der Waals surface area (Å²) in [6.45, 7) is 0. The number of hydrogen-bond acceptors (Lipinski definition) is 3. The molecule has 176 valence electrons. The first-order valence-corrected chi connectivity index (χ1v) is 11.7. The molecule has 2 aromatic rings. The number of carboxylic acids is 1. The van der Waals surface area contributed by atoms with Crippen LogP contribution in [0, 0.1) is 5.92 Å². The number of benzene rings is 2. The number of para-hydroxylation sites is 1. The van der Waals surface area contributed by atoms with Crippen LogP contribution >= 0.6 is 46.4 Å². The van der Waals surface area contributed by atoms with Gasteiger partial charge in [0.1, 0.15) is 6.04 Å². The van der Waals surface area contributed by atoms with Crippen LogP contribution in [0.25, 0.3) is 0 Å². The Morgan fingerprint density at radius 3 is 2.09 bits per heavy atom. The Bertz CT molecular complexity index is 1050. The minimum absolute atomic E-state index is 0.0353. The van der Waals surface area contributed by atoms with Crippen LogP contribution in [-0.4, -0.2) is 29.1 Å². The van der Waals surface area contributed by atoms with Crippen molar-refractivity contribution in [2.24, 2.45) is 5.92 Å². The first-order chi connectivity index (χ1) is 15.7. The predicted octanol–water partition coefficient (Wildman–Crippen LogP) is 6.71. The van der Waals surface area contributed by atoms with Gasteiger partial charge in [-0.15, -0.1) is 0 Å². The molecule has 1 aliphatic rings. The molecule has 0 spiro atoms. The number of hydrogen-bond donors (Lipinski definition) is 4. The van der Waals surface area contributed by atoms with Crippen LogP contribution in [-0.2, 0) is 4.79 Å². The first-order valence-electron chi connectivity index (χ1n) is 10.2. The second-order valence-corrected chi connectivity index (χ2v) is 9.30. The molecule has 0 radical (unpaired) electrons. The van der Waals surface area contributed by atoms with Crippen LogP contribution in [0.1, 0.15) is 42.5 Å². The molecule has 4 N–H and O–H groups in total. The molecule has 7 nitrogen and oxygen atoms in total. The van der Waals surface area contributed by atoms with Crippen LogP contribution in [0.4, 0.5) is 16.2 Å². The fourth-order valence-corrected chi connectivity index (χ4v) is 4.61. The van der Waals surface area contributed by atoms with Gasteiger partial charge in [-0.05, 0) is 43.0 Å². The van der Waals surface area contributed by atoms with Gasteiger partial charge in [0.15, 0.2) is 0 Å². The van der Waals surface area contributed by atoms with Gasteiger partial charge in [-0.2, -0.15) is 0 Å².